The van der Waals surface area contributed by atoms with Crippen LogP contribution >= 0.6 is 22.9 Å². The average Bonchev–Trinajstić information content (AvgIpc) is 2.83. The summed E-state index contributed by atoms with van der Waals surface area (Å²) in [6, 6.07) is 6.76. The lowest BCUT2D eigenvalue weighted by molar-refractivity contribution is 0.0953. The van der Waals surface area contributed by atoms with Crippen LogP contribution in [0, 0.1) is 13.8 Å². The van der Waals surface area contributed by atoms with Crippen molar-refractivity contribution < 1.29 is 9.59 Å². The third kappa shape index (κ3) is 4.33. The van der Waals surface area contributed by atoms with E-state index in [9.17, 15) is 9.59 Å². The van der Waals surface area contributed by atoms with Gasteiger partial charge in [0.1, 0.15) is 0 Å². The molecule has 1 heterocycles. The number of halogens is 1. The van der Waals surface area contributed by atoms with Crippen molar-refractivity contribution in [3.63, 3.8) is 0 Å². The smallest absolute Gasteiger partial charge is 0.256 e. The molecule has 23 heavy (non-hydrogen) atoms. The molecule has 2 aromatic rings. The molecule has 6 heteroatoms. The molecular formula is C17H19ClN2O2S. The fourth-order valence-corrected chi connectivity index (χ4v) is 3.35. The van der Waals surface area contributed by atoms with Gasteiger partial charge in [0.05, 0.1) is 16.1 Å². The zero-order valence-electron chi connectivity index (χ0n) is 13.3. The highest BCUT2D eigenvalue weighted by Crippen LogP contribution is 2.24. The van der Waals surface area contributed by atoms with Crippen LogP contribution in [-0.2, 0) is 0 Å². The van der Waals surface area contributed by atoms with Gasteiger partial charge >= 0.3 is 0 Å². The van der Waals surface area contributed by atoms with E-state index in [0.717, 1.165) is 16.2 Å². The lowest BCUT2D eigenvalue weighted by atomic mass is 10.1. The largest absolute Gasteiger partial charge is 0.352 e. The Labute approximate surface area is 144 Å². The molecule has 0 aliphatic heterocycles. The first-order valence-corrected chi connectivity index (χ1v) is 8.58. The number of nitrogens with one attached hydrogen (secondary N) is 2. The molecule has 0 radical (unpaired) electrons. The van der Waals surface area contributed by atoms with Crippen LogP contribution in [0.15, 0.2) is 24.3 Å². The maximum Gasteiger partial charge on any atom is 0.256 e. The number of hydrogen-bond donors (Lipinski definition) is 2. The minimum atomic E-state index is -0.209. The second kappa shape index (κ2) is 7.62. The molecule has 1 aromatic heterocycles. The number of benzene rings is 1. The second-order valence-electron chi connectivity index (χ2n) is 5.23. The van der Waals surface area contributed by atoms with Gasteiger partial charge in [0.25, 0.3) is 11.8 Å². The van der Waals surface area contributed by atoms with Gasteiger partial charge in [0.15, 0.2) is 0 Å². The number of thiophene rings is 1. The molecule has 0 aliphatic rings. The van der Waals surface area contributed by atoms with Crippen molar-refractivity contribution >= 4 is 40.4 Å². The van der Waals surface area contributed by atoms with Crippen LogP contribution in [0.2, 0.25) is 5.02 Å². The first kappa shape index (κ1) is 17.5. The Morgan fingerprint density at radius 1 is 1.13 bits per heavy atom. The van der Waals surface area contributed by atoms with Gasteiger partial charge in [0, 0.05) is 22.0 Å². The van der Waals surface area contributed by atoms with E-state index in [-0.39, 0.29) is 11.8 Å². The van der Waals surface area contributed by atoms with E-state index in [2.05, 4.69) is 10.6 Å². The highest BCUT2D eigenvalue weighted by atomic mass is 35.5. The van der Waals surface area contributed by atoms with Crippen LogP contribution in [0.1, 0.15) is 43.8 Å². The predicted octanol–water partition coefficient (Wildman–Crippen LogP) is 4.41. The van der Waals surface area contributed by atoms with Gasteiger partial charge in [0.2, 0.25) is 0 Å². The molecule has 2 rings (SSSR count). The molecule has 2 amide bonds. The van der Waals surface area contributed by atoms with Crippen molar-refractivity contribution in [1.82, 2.24) is 5.32 Å². The monoisotopic (exact) mass is 350 g/mol. The molecule has 4 nitrogen and oxygen atoms in total. The zero-order chi connectivity index (χ0) is 17.0. The summed E-state index contributed by atoms with van der Waals surface area (Å²) in [6.07, 6.45) is 0.858. The fraction of sp³-hybridized carbons (Fsp3) is 0.294. The highest BCUT2D eigenvalue weighted by Gasteiger charge is 2.14. The van der Waals surface area contributed by atoms with Crippen molar-refractivity contribution in [3.8, 4) is 0 Å². The standard InChI is InChI=1S/C17H19ClN2O2S/c1-4-7-19-16(21)13-6-5-12(9-15(13)18)20-17(22)14-8-10(2)23-11(14)3/h5-6,8-9H,4,7H2,1-3H3,(H,19,21)(H,20,22). The number of rotatable bonds is 5. The summed E-state index contributed by atoms with van der Waals surface area (Å²) in [5.74, 6) is -0.384. The molecule has 0 saturated heterocycles. The van der Waals surface area contributed by atoms with Gasteiger partial charge in [-0.1, -0.05) is 18.5 Å². The topological polar surface area (TPSA) is 58.2 Å². The third-order valence-electron chi connectivity index (χ3n) is 3.29. The summed E-state index contributed by atoms with van der Waals surface area (Å²) in [6.45, 7) is 6.47. The van der Waals surface area contributed by atoms with Crippen LogP contribution in [0.3, 0.4) is 0 Å². The van der Waals surface area contributed by atoms with Crippen LogP contribution in [0.4, 0.5) is 5.69 Å². The number of aryl methyl sites for hydroxylation is 2. The quantitative estimate of drug-likeness (QED) is 0.839. The Morgan fingerprint density at radius 3 is 2.43 bits per heavy atom. The van der Waals surface area contributed by atoms with Gasteiger partial charge in [-0.15, -0.1) is 11.3 Å². The van der Waals surface area contributed by atoms with Crippen molar-refractivity contribution in [1.29, 1.82) is 0 Å². The predicted molar refractivity (Wildman–Crippen MR) is 95.8 cm³/mol. The molecule has 0 saturated carbocycles. The van der Waals surface area contributed by atoms with Crippen LogP contribution in [0.5, 0.6) is 0 Å². The number of carbonyl (C=O) groups is 2. The summed E-state index contributed by atoms with van der Waals surface area (Å²) in [5, 5.41) is 5.90. The number of hydrogen-bond acceptors (Lipinski definition) is 3. The Morgan fingerprint density at radius 2 is 1.87 bits per heavy atom. The Bertz CT molecular complexity index is 740. The van der Waals surface area contributed by atoms with E-state index < -0.39 is 0 Å². The SMILES string of the molecule is CCCNC(=O)c1ccc(NC(=O)c2cc(C)sc2C)cc1Cl. The molecule has 1 aromatic carbocycles. The van der Waals surface area contributed by atoms with E-state index in [1.165, 1.54) is 0 Å². The van der Waals surface area contributed by atoms with Crippen molar-refractivity contribution in [3.05, 3.63) is 50.2 Å². The molecule has 0 spiro atoms. The van der Waals surface area contributed by atoms with Gasteiger partial charge in [-0.2, -0.15) is 0 Å². The normalized spacial score (nSPS) is 10.4. The third-order valence-corrected chi connectivity index (χ3v) is 4.57. The minimum Gasteiger partial charge on any atom is -0.352 e. The van der Waals surface area contributed by atoms with Crippen LogP contribution < -0.4 is 10.6 Å². The lowest BCUT2D eigenvalue weighted by Gasteiger charge is -2.09. The summed E-state index contributed by atoms with van der Waals surface area (Å²) in [5.41, 5.74) is 1.63. The molecule has 122 valence electrons. The van der Waals surface area contributed by atoms with E-state index in [4.69, 9.17) is 11.6 Å². The lowest BCUT2D eigenvalue weighted by Crippen LogP contribution is -2.24. The molecule has 0 unspecified atom stereocenters. The van der Waals surface area contributed by atoms with Gasteiger partial charge < -0.3 is 10.6 Å². The molecule has 0 atom stereocenters. The van der Waals surface area contributed by atoms with E-state index in [1.807, 2.05) is 26.8 Å². The Kier molecular flexibility index (Phi) is 5.80. The van der Waals surface area contributed by atoms with E-state index >= 15 is 0 Å². The first-order chi connectivity index (χ1) is 10.9. The van der Waals surface area contributed by atoms with E-state index in [0.29, 0.717) is 28.4 Å². The molecule has 0 fully saturated rings. The Balaban J connectivity index is 2.13. The number of amides is 2. The number of anilines is 1. The average molecular weight is 351 g/mol. The van der Waals surface area contributed by atoms with E-state index in [1.54, 1.807) is 29.5 Å². The van der Waals surface area contributed by atoms with Gasteiger partial charge in [-0.05, 0) is 44.5 Å². The highest BCUT2D eigenvalue weighted by molar-refractivity contribution is 7.12. The van der Waals surface area contributed by atoms with Crippen LogP contribution in [0.25, 0.3) is 0 Å². The van der Waals surface area contributed by atoms with Gasteiger partial charge in [-0.3, -0.25) is 9.59 Å². The molecule has 2 N–H and O–H groups in total. The van der Waals surface area contributed by atoms with Crippen LogP contribution in [-0.4, -0.2) is 18.4 Å². The molecule has 0 aliphatic carbocycles. The maximum atomic E-state index is 12.3. The fourth-order valence-electron chi connectivity index (χ4n) is 2.17. The van der Waals surface area contributed by atoms with Crippen molar-refractivity contribution in [2.75, 3.05) is 11.9 Å². The van der Waals surface area contributed by atoms with Gasteiger partial charge in [-0.25, -0.2) is 0 Å². The second-order valence-corrected chi connectivity index (χ2v) is 7.10. The molecule has 0 bridgehead atoms. The minimum absolute atomic E-state index is 0.175. The molecular weight excluding hydrogens is 332 g/mol. The van der Waals surface area contributed by atoms with Crippen molar-refractivity contribution in [2.24, 2.45) is 0 Å². The summed E-state index contributed by atoms with van der Waals surface area (Å²) in [7, 11) is 0. The first-order valence-electron chi connectivity index (χ1n) is 7.38. The maximum absolute atomic E-state index is 12.3. The summed E-state index contributed by atoms with van der Waals surface area (Å²) in [4.78, 5) is 26.3. The Hall–Kier alpha value is -1.85. The summed E-state index contributed by atoms with van der Waals surface area (Å²) >= 11 is 7.74. The summed E-state index contributed by atoms with van der Waals surface area (Å²) < 4.78 is 0. The number of carbonyl (C=O) groups excluding carboxylic acids is 2. The zero-order valence-corrected chi connectivity index (χ0v) is 14.9. The van der Waals surface area contributed by atoms with Crippen molar-refractivity contribution in [2.45, 2.75) is 27.2 Å².